The van der Waals surface area contributed by atoms with Crippen molar-refractivity contribution in [2.24, 2.45) is 0 Å². The first-order valence-corrected chi connectivity index (χ1v) is 30.4. The highest BCUT2D eigenvalue weighted by Gasteiger charge is 2.42. The Balaban J connectivity index is 1.21. The molecule has 2 nitrogen and oxygen atoms in total. The van der Waals surface area contributed by atoms with Crippen molar-refractivity contribution in [2.75, 3.05) is 0 Å². The van der Waals surface area contributed by atoms with Crippen molar-refractivity contribution >= 4 is 158 Å². The Morgan fingerprint density at radius 2 is 0.815 bits per heavy atom. The van der Waals surface area contributed by atoms with Crippen molar-refractivity contribution in [3.8, 4) is 11.4 Å². The first-order valence-electron chi connectivity index (χ1n) is 23.4. The van der Waals surface area contributed by atoms with E-state index < -0.39 is 16.1 Å². The Morgan fingerprint density at radius 3 is 1.43 bits per heavy atom. The summed E-state index contributed by atoms with van der Waals surface area (Å²) in [7, 11) is -3.50. The molecular weight excluding hydrogens is 816 g/mol. The summed E-state index contributed by atoms with van der Waals surface area (Å²) < 4.78 is 5.40. The first kappa shape index (κ1) is 36.4. The minimum absolute atomic E-state index is 0.0473. The Labute approximate surface area is 379 Å². The fourth-order valence-electron chi connectivity index (χ4n) is 12.8. The normalized spacial score (nSPS) is 13.7. The Hall–Kier alpha value is -6.92. The zero-order valence-electron chi connectivity index (χ0n) is 37.6. The summed E-state index contributed by atoms with van der Waals surface area (Å²) in [6, 6.07) is 64.0. The molecular formula is C60H45BN2Si2. The maximum absolute atomic E-state index is 2.72. The highest BCUT2D eigenvalue weighted by molar-refractivity contribution is 7.01. The Morgan fingerprint density at radius 1 is 0.323 bits per heavy atom. The summed E-state index contributed by atoms with van der Waals surface area (Å²) in [5.74, 6) is 0. The summed E-state index contributed by atoms with van der Waals surface area (Å²) in [4.78, 5) is 0. The van der Waals surface area contributed by atoms with Crippen molar-refractivity contribution in [3.63, 3.8) is 0 Å². The molecule has 5 heteroatoms. The van der Waals surface area contributed by atoms with Gasteiger partial charge in [-0.05, 0) is 88.4 Å². The van der Waals surface area contributed by atoms with Crippen LogP contribution in [-0.2, 0) is 0 Å². The molecule has 0 spiro atoms. The van der Waals surface area contributed by atoms with Gasteiger partial charge in [0.05, 0.1) is 32.7 Å². The molecule has 0 bridgehead atoms. The van der Waals surface area contributed by atoms with Gasteiger partial charge in [-0.3, -0.25) is 0 Å². The van der Waals surface area contributed by atoms with E-state index in [1.54, 1.807) is 0 Å². The molecule has 13 aromatic rings. The second kappa shape index (κ2) is 12.0. The smallest absolute Gasteiger partial charge is 0.252 e. The predicted molar refractivity (Wildman–Crippen MR) is 291 cm³/mol. The largest absolute Gasteiger partial charge is 0.310 e. The van der Waals surface area contributed by atoms with E-state index in [0.29, 0.717) is 0 Å². The quantitative estimate of drug-likeness (QED) is 0.121. The van der Waals surface area contributed by atoms with Crippen LogP contribution in [0.15, 0.2) is 164 Å². The van der Waals surface area contributed by atoms with E-state index in [1.165, 1.54) is 146 Å². The fraction of sp³-hybridized carbons (Fsp3) is 0.100. The van der Waals surface area contributed by atoms with Crippen LogP contribution in [0.2, 0.25) is 39.3 Å². The molecule has 0 fully saturated rings. The molecule has 0 atom stereocenters. The summed E-state index contributed by atoms with van der Waals surface area (Å²) in [6.07, 6.45) is 0. The standard InChI is InChI=1S/C60H45BN2Si2/c1-64(2,3)34-26-29-51-48(30-34)56-54-42-22-13-11-18-38(42)37-17-8-10-21-41(37)46(54)33-50-60(56)62(51)52-24-15-25-53-57(52)61(50)49-32-35(65(4,5)6)31-47-45-28-27-44-40-20-9-7-16-36(40)39-19-12-14-23-43(39)55(44)59(45)63(53)58(47)49/h7-33H,1-6H3. The Bertz CT molecular complexity index is 4350. The molecule has 0 saturated carbocycles. The molecule has 0 saturated heterocycles. The van der Waals surface area contributed by atoms with Gasteiger partial charge in [0.15, 0.2) is 0 Å². The molecule has 2 aliphatic heterocycles. The number of hydrogen-bond donors (Lipinski definition) is 0. The van der Waals surface area contributed by atoms with Gasteiger partial charge in [0.1, 0.15) is 0 Å². The van der Waals surface area contributed by atoms with Gasteiger partial charge in [0.2, 0.25) is 0 Å². The van der Waals surface area contributed by atoms with Crippen molar-refractivity contribution < 1.29 is 0 Å². The highest BCUT2D eigenvalue weighted by atomic mass is 28.3. The van der Waals surface area contributed by atoms with Crippen LogP contribution in [-0.4, -0.2) is 32.0 Å². The van der Waals surface area contributed by atoms with Gasteiger partial charge in [0.25, 0.3) is 6.71 Å². The van der Waals surface area contributed by atoms with E-state index >= 15 is 0 Å². The molecule has 2 aliphatic rings. The molecule has 0 unspecified atom stereocenters. The lowest BCUT2D eigenvalue weighted by atomic mass is 9.34. The molecule has 0 N–H and O–H groups in total. The summed E-state index contributed by atoms with van der Waals surface area (Å²) >= 11 is 0. The SMILES string of the molecule is C[Si](C)(C)c1ccc2c(c1)c1c3c4ccccc4c4ccccc4c3cc3c1n2-c1cccc2c1B3c1cc([Si](C)(C)C)cc3c4ccc5c6ccccc6c6ccccc6c5c4n-2c13. The van der Waals surface area contributed by atoms with Crippen LogP contribution >= 0.6 is 0 Å². The maximum Gasteiger partial charge on any atom is 0.252 e. The van der Waals surface area contributed by atoms with Crippen molar-refractivity contribution in [2.45, 2.75) is 39.3 Å². The second-order valence-electron chi connectivity index (χ2n) is 21.2. The molecule has 306 valence electrons. The number of rotatable bonds is 2. The van der Waals surface area contributed by atoms with E-state index in [1.807, 2.05) is 0 Å². The summed E-state index contributed by atoms with van der Waals surface area (Å²) in [6.45, 7) is 15.1. The fourth-order valence-corrected chi connectivity index (χ4v) is 15.1. The zero-order chi connectivity index (χ0) is 43.4. The van der Waals surface area contributed by atoms with Crippen LogP contribution < -0.4 is 26.8 Å². The number of hydrogen-bond acceptors (Lipinski definition) is 0. The van der Waals surface area contributed by atoms with Crippen LogP contribution in [0.5, 0.6) is 0 Å². The minimum Gasteiger partial charge on any atom is -0.310 e. The van der Waals surface area contributed by atoms with Crippen molar-refractivity contribution in [3.05, 3.63) is 164 Å². The van der Waals surface area contributed by atoms with Crippen molar-refractivity contribution in [1.82, 2.24) is 9.13 Å². The third-order valence-corrected chi connectivity index (χ3v) is 19.8. The molecule has 15 rings (SSSR count). The molecule has 2 aromatic heterocycles. The van der Waals surface area contributed by atoms with Gasteiger partial charge < -0.3 is 9.13 Å². The van der Waals surface area contributed by atoms with Gasteiger partial charge in [-0.15, -0.1) is 0 Å². The van der Waals surface area contributed by atoms with Crippen LogP contribution in [0.25, 0.3) is 120 Å². The van der Waals surface area contributed by atoms with Crippen LogP contribution in [0.3, 0.4) is 0 Å². The lowest BCUT2D eigenvalue weighted by Crippen LogP contribution is -2.60. The van der Waals surface area contributed by atoms with Gasteiger partial charge >= 0.3 is 0 Å². The first-order chi connectivity index (χ1) is 31.6. The number of aromatic nitrogens is 2. The molecule has 11 aromatic carbocycles. The monoisotopic (exact) mass is 860 g/mol. The van der Waals surface area contributed by atoms with E-state index in [-0.39, 0.29) is 6.71 Å². The van der Waals surface area contributed by atoms with Crippen LogP contribution in [0.1, 0.15) is 0 Å². The summed E-state index contributed by atoms with van der Waals surface area (Å²) in [5, 5.41) is 24.5. The number of benzene rings is 11. The third kappa shape index (κ3) is 4.46. The molecule has 0 amide bonds. The van der Waals surface area contributed by atoms with Gasteiger partial charge in [0, 0.05) is 49.2 Å². The van der Waals surface area contributed by atoms with Crippen molar-refractivity contribution in [1.29, 1.82) is 0 Å². The molecule has 0 radical (unpaired) electrons. The third-order valence-electron chi connectivity index (χ3n) is 15.7. The zero-order valence-corrected chi connectivity index (χ0v) is 39.6. The average molecular weight is 861 g/mol. The van der Waals surface area contributed by atoms with Crippen LogP contribution in [0, 0.1) is 0 Å². The lowest BCUT2D eigenvalue weighted by molar-refractivity contribution is 1.15. The second-order valence-corrected chi connectivity index (χ2v) is 31.3. The van der Waals surface area contributed by atoms with Crippen LogP contribution in [0.4, 0.5) is 0 Å². The Kier molecular flexibility index (Phi) is 6.75. The maximum atomic E-state index is 2.72. The van der Waals surface area contributed by atoms with Gasteiger partial charge in [-0.2, -0.15) is 0 Å². The van der Waals surface area contributed by atoms with Gasteiger partial charge in [-0.1, -0.05) is 195 Å². The highest BCUT2D eigenvalue weighted by Crippen LogP contribution is 2.47. The van der Waals surface area contributed by atoms with E-state index in [4.69, 9.17) is 0 Å². The summed E-state index contributed by atoms with van der Waals surface area (Å²) in [5.41, 5.74) is 12.2. The predicted octanol–water partition coefficient (Wildman–Crippen LogP) is 13.0. The average Bonchev–Trinajstić information content (AvgIpc) is 3.85. The molecule has 0 aliphatic carbocycles. The molecule has 65 heavy (non-hydrogen) atoms. The van der Waals surface area contributed by atoms with E-state index in [9.17, 15) is 0 Å². The number of nitrogens with zero attached hydrogens (tertiary/aromatic N) is 2. The number of fused-ring (bicyclic) bond motifs is 24. The molecule has 4 heterocycles. The van der Waals surface area contributed by atoms with E-state index in [0.717, 1.165) is 0 Å². The lowest BCUT2D eigenvalue weighted by Gasteiger charge is -2.34. The van der Waals surface area contributed by atoms with E-state index in [2.05, 4.69) is 212 Å². The minimum atomic E-state index is -1.82. The topological polar surface area (TPSA) is 9.86 Å². The van der Waals surface area contributed by atoms with Gasteiger partial charge in [-0.25, -0.2) is 0 Å².